The molecule has 9 nitrogen and oxygen atoms in total. The summed E-state index contributed by atoms with van der Waals surface area (Å²) in [6.07, 6.45) is 5.70. The van der Waals surface area contributed by atoms with Gasteiger partial charge in [0.1, 0.15) is 12.4 Å². The van der Waals surface area contributed by atoms with E-state index in [-0.39, 0.29) is 18.4 Å². The quantitative estimate of drug-likeness (QED) is 0.379. The second kappa shape index (κ2) is 12.6. The van der Waals surface area contributed by atoms with Crippen molar-refractivity contribution in [2.45, 2.75) is 57.7 Å². The highest BCUT2D eigenvalue weighted by Crippen LogP contribution is 2.35. The minimum absolute atomic E-state index is 0.132. The van der Waals surface area contributed by atoms with E-state index >= 15 is 0 Å². The lowest BCUT2D eigenvalue weighted by Gasteiger charge is -2.41. The van der Waals surface area contributed by atoms with Crippen molar-refractivity contribution in [3.63, 3.8) is 0 Å². The van der Waals surface area contributed by atoms with E-state index < -0.39 is 0 Å². The third-order valence-electron chi connectivity index (χ3n) is 9.35. The number of aryl methyl sites for hydroxylation is 1. The molecule has 6 rings (SSSR count). The molecule has 2 aromatic carbocycles. The van der Waals surface area contributed by atoms with Gasteiger partial charge in [0.2, 0.25) is 5.91 Å². The summed E-state index contributed by atoms with van der Waals surface area (Å²) in [5, 5.41) is 12.1. The van der Waals surface area contributed by atoms with Gasteiger partial charge in [-0.3, -0.25) is 4.79 Å². The van der Waals surface area contributed by atoms with Crippen molar-refractivity contribution in [1.29, 1.82) is 5.26 Å². The monoisotopic (exact) mass is 579 g/mol. The van der Waals surface area contributed by atoms with Crippen LogP contribution in [0.3, 0.4) is 0 Å². The van der Waals surface area contributed by atoms with Crippen LogP contribution in [0.1, 0.15) is 42.5 Å². The third kappa shape index (κ3) is 5.89. The zero-order valence-corrected chi connectivity index (χ0v) is 25.3. The van der Waals surface area contributed by atoms with Crippen molar-refractivity contribution in [2.24, 2.45) is 0 Å². The molecule has 2 saturated heterocycles. The summed E-state index contributed by atoms with van der Waals surface area (Å²) >= 11 is 0. The number of aromatic nitrogens is 2. The number of hydrogen-bond acceptors (Lipinski definition) is 8. The van der Waals surface area contributed by atoms with Crippen LogP contribution < -0.4 is 14.5 Å². The number of likely N-dealkylation sites (N-methyl/N-ethyl adjacent to an activating group) is 1. The van der Waals surface area contributed by atoms with E-state index in [1.54, 1.807) is 4.90 Å². The summed E-state index contributed by atoms with van der Waals surface area (Å²) in [6, 6.07) is 15.9. The summed E-state index contributed by atoms with van der Waals surface area (Å²) in [6.45, 7) is 10.7. The van der Waals surface area contributed by atoms with E-state index in [9.17, 15) is 10.1 Å². The number of nitrogens with zero attached hydrogens (tertiary/aromatic N) is 7. The second-order valence-electron chi connectivity index (χ2n) is 12.0. The van der Waals surface area contributed by atoms with Crippen molar-refractivity contribution in [3.05, 3.63) is 65.9 Å². The molecule has 3 aromatic rings. The highest BCUT2D eigenvalue weighted by Gasteiger charge is 2.33. The van der Waals surface area contributed by atoms with Crippen LogP contribution in [0, 0.1) is 18.3 Å². The Kier molecular flexibility index (Phi) is 8.48. The Morgan fingerprint density at radius 3 is 2.70 bits per heavy atom. The van der Waals surface area contributed by atoms with Gasteiger partial charge in [-0.15, -0.1) is 0 Å². The number of carbonyl (C=O) groups is 1. The first-order chi connectivity index (χ1) is 21.0. The number of amides is 1. The Bertz CT molecular complexity index is 1550. The van der Waals surface area contributed by atoms with Gasteiger partial charge in [-0.25, -0.2) is 0 Å². The molecule has 0 spiro atoms. The molecule has 9 heteroatoms. The van der Waals surface area contributed by atoms with Crippen LogP contribution >= 0.6 is 0 Å². The van der Waals surface area contributed by atoms with Crippen LogP contribution in [-0.2, 0) is 17.8 Å². The van der Waals surface area contributed by atoms with Crippen LogP contribution in [-0.4, -0.2) is 84.1 Å². The Morgan fingerprint density at radius 1 is 1.07 bits per heavy atom. The minimum Gasteiger partial charge on any atom is -0.462 e. The van der Waals surface area contributed by atoms with Gasteiger partial charge in [-0.05, 0) is 69.3 Å². The number of ether oxygens (including phenoxy) is 1. The van der Waals surface area contributed by atoms with Gasteiger partial charge >= 0.3 is 6.01 Å². The number of likely N-dealkylation sites (tertiary alicyclic amines) is 1. The van der Waals surface area contributed by atoms with Crippen molar-refractivity contribution < 1.29 is 9.53 Å². The second-order valence-corrected chi connectivity index (χ2v) is 12.0. The molecule has 0 bridgehead atoms. The standard InChI is InChI=1S/C34H41N7O2/c1-4-32(42)41-20-19-40(21-25(41)15-16-35)33-29-13-8-18-39(31-14-6-11-27-24(2)9-5-12-28(27)31)22-30(29)36-34(37-33)43-23-26-10-7-17-38(26)3/h4-6,9,11-12,14,25-26H,1,7-8,10,13,15,17-23H2,2-3H3. The van der Waals surface area contributed by atoms with Gasteiger partial charge in [0.25, 0.3) is 0 Å². The van der Waals surface area contributed by atoms with Crippen molar-refractivity contribution in [1.82, 2.24) is 19.8 Å². The molecule has 43 heavy (non-hydrogen) atoms. The molecule has 0 saturated carbocycles. The van der Waals surface area contributed by atoms with Crippen LogP contribution in [0.2, 0.25) is 0 Å². The number of anilines is 2. The maximum Gasteiger partial charge on any atom is 0.318 e. The Labute approximate surface area is 254 Å². The molecule has 0 N–H and O–H groups in total. The van der Waals surface area contributed by atoms with Gasteiger partial charge in [-0.1, -0.05) is 36.9 Å². The van der Waals surface area contributed by atoms with Crippen molar-refractivity contribution in [2.75, 3.05) is 56.2 Å². The first-order valence-electron chi connectivity index (χ1n) is 15.5. The molecule has 1 amide bonds. The van der Waals surface area contributed by atoms with Gasteiger partial charge in [0.05, 0.1) is 30.8 Å². The number of carbonyl (C=O) groups excluding carboxylic acids is 1. The molecule has 2 unspecified atom stereocenters. The van der Waals surface area contributed by atoms with E-state index in [2.05, 4.69) is 77.7 Å². The zero-order chi connectivity index (χ0) is 29.9. The number of nitriles is 1. The average Bonchev–Trinajstić information content (AvgIpc) is 3.31. The number of rotatable bonds is 7. The van der Waals surface area contributed by atoms with Gasteiger partial charge in [0.15, 0.2) is 0 Å². The molecule has 0 radical (unpaired) electrons. The zero-order valence-electron chi connectivity index (χ0n) is 25.3. The maximum absolute atomic E-state index is 12.6. The topological polar surface area (TPSA) is 88.8 Å². The van der Waals surface area contributed by atoms with E-state index in [0.29, 0.717) is 44.8 Å². The van der Waals surface area contributed by atoms with Gasteiger partial charge in [-0.2, -0.15) is 15.2 Å². The van der Waals surface area contributed by atoms with E-state index in [0.717, 1.165) is 49.4 Å². The molecule has 1 aromatic heterocycles. The molecule has 2 atom stereocenters. The molecule has 0 aliphatic carbocycles. The SMILES string of the molecule is C=CC(=O)N1CCN(c2nc(OCC3CCCN3C)nc3c2CCCN(c2cccc4c(C)cccc24)C3)CC1CC#N. The fraction of sp³-hybridized carbons (Fsp3) is 0.471. The minimum atomic E-state index is -0.229. The first kappa shape index (κ1) is 28.9. The number of piperazine rings is 1. The number of hydrogen-bond donors (Lipinski definition) is 0. The fourth-order valence-electron chi connectivity index (χ4n) is 6.94. The maximum atomic E-state index is 12.6. The summed E-state index contributed by atoms with van der Waals surface area (Å²) in [4.78, 5) is 31.4. The molecule has 3 aliphatic heterocycles. The van der Waals surface area contributed by atoms with E-state index in [1.165, 1.54) is 34.5 Å². The lowest BCUT2D eigenvalue weighted by molar-refractivity contribution is -0.128. The van der Waals surface area contributed by atoms with Crippen LogP contribution in [0.4, 0.5) is 11.5 Å². The average molecular weight is 580 g/mol. The highest BCUT2D eigenvalue weighted by atomic mass is 16.5. The fourth-order valence-corrected chi connectivity index (χ4v) is 6.94. The Morgan fingerprint density at radius 2 is 1.91 bits per heavy atom. The summed E-state index contributed by atoms with van der Waals surface area (Å²) in [5.74, 6) is 0.746. The molecular formula is C34H41N7O2. The normalized spacial score (nSPS) is 20.9. The Hall–Kier alpha value is -4.16. The Balaban J connectivity index is 1.36. The number of fused-ring (bicyclic) bond motifs is 2. The van der Waals surface area contributed by atoms with Gasteiger partial charge < -0.3 is 24.3 Å². The molecule has 224 valence electrons. The predicted molar refractivity (Wildman–Crippen MR) is 169 cm³/mol. The van der Waals surface area contributed by atoms with Crippen LogP contribution in [0.5, 0.6) is 6.01 Å². The van der Waals surface area contributed by atoms with Crippen LogP contribution in [0.25, 0.3) is 10.8 Å². The van der Waals surface area contributed by atoms with Crippen molar-refractivity contribution in [3.8, 4) is 12.1 Å². The molecular weight excluding hydrogens is 538 g/mol. The van der Waals surface area contributed by atoms with E-state index in [4.69, 9.17) is 14.7 Å². The summed E-state index contributed by atoms with van der Waals surface area (Å²) in [7, 11) is 2.15. The largest absolute Gasteiger partial charge is 0.462 e. The first-order valence-corrected chi connectivity index (χ1v) is 15.5. The summed E-state index contributed by atoms with van der Waals surface area (Å²) in [5.41, 5.74) is 4.62. The smallest absolute Gasteiger partial charge is 0.318 e. The lowest BCUT2D eigenvalue weighted by Crippen LogP contribution is -2.55. The predicted octanol–water partition coefficient (Wildman–Crippen LogP) is 4.48. The number of benzene rings is 2. The van der Waals surface area contributed by atoms with Gasteiger partial charge in [0, 0.05) is 48.9 Å². The molecule has 3 aliphatic rings. The lowest BCUT2D eigenvalue weighted by atomic mass is 10.0. The van der Waals surface area contributed by atoms with Crippen LogP contribution in [0.15, 0.2) is 49.1 Å². The highest BCUT2D eigenvalue weighted by molar-refractivity contribution is 5.96. The van der Waals surface area contributed by atoms with E-state index in [1.807, 2.05) is 0 Å². The molecule has 4 heterocycles. The summed E-state index contributed by atoms with van der Waals surface area (Å²) < 4.78 is 6.34. The third-order valence-corrected chi connectivity index (χ3v) is 9.35. The molecule has 2 fully saturated rings. The van der Waals surface area contributed by atoms with Crippen molar-refractivity contribution >= 4 is 28.2 Å².